The molecular weight excluding hydrogens is 255 g/mol. The van der Waals surface area contributed by atoms with Crippen molar-refractivity contribution in [2.24, 2.45) is 0 Å². The number of rotatable bonds is 1. The molecule has 0 atom stereocenters. The van der Waals surface area contributed by atoms with E-state index in [0.717, 1.165) is 9.72 Å². The predicted molar refractivity (Wildman–Crippen MR) is 48.2 cm³/mol. The Balaban J connectivity index is 2.15. The van der Waals surface area contributed by atoms with Gasteiger partial charge in [-0.1, -0.05) is 18.0 Å². The van der Waals surface area contributed by atoms with Crippen LogP contribution in [0.3, 0.4) is 0 Å². The Labute approximate surface area is 78.7 Å². The van der Waals surface area contributed by atoms with Crippen LogP contribution in [0.5, 0.6) is 0 Å². The fraction of sp³-hybridized carbons (Fsp3) is 0.714. The van der Waals surface area contributed by atoms with Gasteiger partial charge in [0.1, 0.15) is 0 Å². The number of hydrogen-bond donors (Lipinski definition) is 0. The van der Waals surface area contributed by atoms with Crippen LogP contribution in [0.15, 0.2) is 4.52 Å². The van der Waals surface area contributed by atoms with Crippen molar-refractivity contribution in [2.45, 2.75) is 31.6 Å². The topological polar surface area (TPSA) is 38.9 Å². The first kappa shape index (κ1) is 7.52. The van der Waals surface area contributed by atoms with E-state index in [-0.39, 0.29) is 0 Å². The van der Waals surface area contributed by atoms with Crippen LogP contribution < -0.4 is 0 Å². The standard InChI is InChI=1S/C7H9IN2O/c8-7-9-6(11-10-7)5-3-1-2-4-5/h5H,1-4H2. The number of hydrogen-bond acceptors (Lipinski definition) is 3. The zero-order valence-corrected chi connectivity index (χ0v) is 8.24. The maximum atomic E-state index is 5.08. The van der Waals surface area contributed by atoms with Crippen LogP contribution in [-0.4, -0.2) is 10.1 Å². The Hall–Kier alpha value is -0.130. The molecule has 1 saturated carbocycles. The van der Waals surface area contributed by atoms with Gasteiger partial charge in [0.25, 0.3) is 0 Å². The molecule has 0 radical (unpaired) electrons. The minimum Gasteiger partial charge on any atom is -0.338 e. The van der Waals surface area contributed by atoms with Crippen LogP contribution in [0.25, 0.3) is 0 Å². The Morgan fingerprint density at radius 3 is 2.64 bits per heavy atom. The van der Waals surface area contributed by atoms with Crippen LogP contribution in [0, 0.1) is 3.83 Å². The lowest BCUT2D eigenvalue weighted by Crippen LogP contribution is -1.91. The zero-order chi connectivity index (χ0) is 7.68. The molecule has 0 saturated heterocycles. The first-order chi connectivity index (χ1) is 5.36. The van der Waals surface area contributed by atoms with E-state index < -0.39 is 0 Å². The van der Waals surface area contributed by atoms with Gasteiger partial charge in [0.05, 0.1) is 0 Å². The fourth-order valence-corrected chi connectivity index (χ4v) is 1.89. The van der Waals surface area contributed by atoms with E-state index in [2.05, 4.69) is 32.7 Å². The molecule has 0 aliphatic heterocycles. The first-order valence-corrected chi connectivity index (χ1v) is 4.93. The van der Waals surface area contributed by atoms with Crippen LogP contribution >= 0.6 is 22.6 Å². The van der Waals surface area contributed by atoms with E-state index in [1.807, 2.05) is 0 Å². The smallest absolute Gasteiger partial charge is 0.232 e. The molecule has 0 N–H and O–H groups in total. The second-order valence-electron chi connectivity index (χ2n) is 2.88. The monoisotopic (exact) mass is 264 g/mol. The average molecular weight is 264 g/mol. The molecule has 1 aliphatic carbocycles. The van der Waals surface area contributed by atoms with Crippen molar-refractivity contribution in [3.05, 3.63) is 9.72 Å². The first-order valence-electron chi connectivity index (χ1n) is 3.85. The summed E-state index contributed by atoms with van der Waals surface area (Å²) in [6, 6.07) is 0. The summed E-state index contributed by atoms with van der Waals surface area (Å²) in [7, 11) is 0. The maximum Gasteiger partial charge on any atom is 0.232 e. The van der Waals surface area contributed by atoms with Gasteiger partial charge in [-0.3, -0.25) is 0 Å². The van der Waals surface area contributed by atoms with Crippen molar-refractivity contribution in [1.29, 1.82) is 0 Å². The molecule has 2 rings (SSSR count). The van der Waals surface area contributed by atoms with Crippen LogP contribution in [0.4, 0.5) is 0 Å². The summed E-state index contributed by atoms with van der Waals surface area (Å²) >= 11 is 2.07. The van der Waals surface area contributed by atoms with E-state index >= 15 is 0 Å². The minimum absolute atomic E-state index is 0.547. The van der Waals surface area contributed by atoms with Gasteiger partial charge in [-0.2, -0.15) is 4.98 Å². The molecule has 0 amide bonds. The highest BCUT2D eigenvalue weighted by Gasteiger charge is 2.22. The van der Waals surface area contributed by atoms with Crippen molar-refractivity contribution in [2.75, 3.05) is 0 Å². The van der Waals surface area contributed by atoms with E-state index in [4.69, 9.17) is 4.52 Å². The third-order valence-electron chi connectivity index (χ3n) is 2.12. The van der Waals surface area contributed by atoms with Crippen LogP contribution in [0.2, 0.25) is 0 Å². The largest absolute Gasteiger partial charge is 0.338 e. The molecule has 0 bridgehead atoms. The molecule has 1 fully saturated rings. The third-order valence-corrected chi connectivity index (χ3v) is 2.56. The van der Waals surface area contributed by atoms with Crippen molar-refractivity contribution >= 4 is 22.6 Å². The fourth-order valence-electron chi connectivity index (χ4n) is 1.55. The second-order valence-corrected chi connectivity index (χ2v) is 3.85. The van der Waals surface area contributed by atoms with Crippen molar-refractivity contribution < 1.29 is 4.52 Å². The van der Waals surface area contributed by atoms with Gasteiger partial charge in [-0.25, -0.2) is 0 Å². The quantitative estimate of drug-likeness (QED) is 0.731. The number of halogens is 1. The van der Waals surface area contributed by atoms with Gasteiger partial charge in [0, 0.05) is 28.5 Å². The molecule has 0 aromatic carbocycles. The highest BCUT2D eigenvalue weighted by molar-refractivity contribution is 14.1. The number of nitrogens with zero attached hydrogens (tertiary/aromatic N) is 2. The lowest BCUT2D eigenvalue weighted by molar-refractivity contribution is 0.351. The molecule has 3 nitrogen and oxygen atoms in total. The van der Waals surface area contributed by atoms with Gasteiger partial charge in [-0.05, 0) is 12.8 Å². The zero-order valence-electron chi connectivity index (χ0n) is 6.09. The molecule has 0 spiro atoms. The number of aromatic nitrogens is 2. The molecule has 1 aromatic rings. The second kappa shape index (κ2) is 3.08. The van der Waals surface area contributed by atoms with Crippen molar-refractivity contribution in [1.82, 2.24) is 10.1 Å². The summed E-state index contributed by atoms with van der Waals surface area (Å²) in [5.41, 5.74) is 0. The highest BCUT2D eigenvalue weighted by atomic mass is 127. The molecule has 0 unspecified atom stereocenters. The van der Waals surface area contributed by atoms with Crippen molar-refractivity contribution in [3.63, 3.8) is 0 Å². The molecule has 11 heavy (non-hydrogen) atoms. The molecule has 1 aromatic heterocycles. The van der Waals surface area contributed by atoms with Gasteiger partial charge in [0.15, 0.2) is 0 Å². The lowest BCUT2D eigenvalue weighted by atomic mass is 10.1. The summed E-state index contributed by atoms with van der Waals surface area (Å²) in [5, 5.41) is 3.76. The predicted octanol–water partition coefficient (Wildman–Crippen LogP) is 2.33. The van der Waals surface area contributed by atoms with Gasteiger partial charge >= 0.3 is 0 Å². The highest BCUT2D eigenvalue weighted by Crippen LogP contribution is 2.32. The molecular formula is C7H9IN2O. The van der Waals surface area contributed by atoms with Gasteiger partial charge in [0.2, 0.25) is 9.72 Å². The van der Waals surface area contributed by atoms with Gasteiger partial charge in [-0.15, -0.1) is 0 Å². The lowest BCUT2D eigenvalue weighted by Gasteiger charge is -1.98. The average Bonchev–Trinajstić information content (AvgIpc) is 2.55. The van der Waals surface area contributed by atoms with Crippen molar-refractivity contribution in [3.8, 4) is 0 Å². The van der Waals surface area contributed by atoms with E-state index in [1.165, 1.54) is 25.7 Å². The summed E-state index contributed by atoms with van der Waals surface area (Å²) in [5.74, 6) is 1.39. The summed E-state index contributed by atoms with van der Waals surface area (Å²) < 4.78 is 5.81. The summed E-state index contributed by atoms with van der Waals surface area (Å²) in [6.07, 6.45) is 5.06. The Morgan fingerprint density at radius 1 is 1.36 bits per heavy atom. The summed E-state index contributed by atoms with van der Waals surface area (Å²) in [6.45, 7) is 0. The SMILES string of the molecule is Ic1noc(C2CCCC2)n1. The van der Waals surface area contributed by atoms with E-state index in [0.29, 0.717) is 5.92 Å². The molecule has 60 valence electrons. The van der Waals surface area contributed by atoms with E-state index in [9.17, 15) is 0 Å². The molecule has 1 heterocycles. The third kappa shape index (κ3) is 1.55. The normalized spacial score (nSPS) is 19.4. The van der Waals surface area contributed by atoms with E-state index in [1.54, 1.807) is 0 Å². The minimum atomic E-state index is 0.547. The Kier molecular flexibility index (Phi) is 2.11. The molecule has 1 aliphatic rings. The summed E-state index contributed by atoms with van der Waals surface area (Å²) in [4.78, 5) is 4.20. The van der Waals surface area contributed by atoms with Crippen LogP contribution in [0.1, 0.15) is 37.5 Å². The Morgan fingerprint density at radius 2 is 2.09 bits per heavy atom. The van der Waals surface area contributed by atoms with Gasteiger partial charge < -0.3 is 4.52 Å². The maximum absolute atomic E-state index is 5.08. The molecule has 4 heteroatoms. The van der Waals surface area contributed by atoms with Crippen LogP contribution in [-0.2, 0) is 0 Å². The Bertz CT molecular complexity index is 242.